The second-order valence-corrected chi connectivity index (χ2v) is 6.27. The molecule has 1 aromatic rings. The molecule has 0 amide bonds. The quantitative estimate of drug-likeness (QED) is 0.647. The van der Waals surface area contributed by atoms with Crippen molar-refractivity contribution in [3.8, 4) is 0 Å². The Kier molecular flexibility index (Phi) is 7.28. The van der Waals surface area contributed by atoms with Crippen LogP contribution in [0.1, 0.15) is 40.0 Å². The lowest BCUT2D eigenvalue weighted by Crippen LogP contribution is -2.45. The minimum atomic E-state index is -0.512. The molecule has 0 aromatic carbocycles. The fourth-order valence-electron chi connectivity index (χ4n) is 2.21. The molecule has 23 heavy (non-hydrogen) atoms. The van der Waals surface area contributed by atoms with Crippen LogP contribution in [-0.2, 0) is 6.54 Å². The summed E-state index contributed by atoms with van der Waals surface area (Å²) in [5, 5.41) is 3.29. The first-order valence-corrected chi connectivity index (χ1v) is 8.36. The molecule has 8 heteroatoms. The van der Waals surface area contributed by atoms with Crippen LogP contribution in [0.2, 0.25) is 0 Å². The molecule has 0 saturated carbocycles. The van der Waals surface area contributed by atoms with Crippen molar-refractivity contribution in [2.75, 3.05) is 24.2 Å². The fraction of sp³-hybridized carbons (Fsp3) is 0.667. The number of hydrogen-bond donors (Lipinski definition) is 3. The Balaban J connectivity index is 3.37. The Bertz CT molecular complexity index is 650. The van der Waals surface area contributed by atoms with Crippen molar-refractivity contribution < 1.29 is 0 Å². The molecule has 0 bridgehead atoms. The normalized spacial score (nSPS) is 10.8. The van der Waals surface area contributed by atoms with Gasteiger partial charge in [-0.15, -0.1) is 0 Å². The average Bonchev–Trinajstić information content (AvgIpc) is 2.49. The Hall–Kier alpha value is -1.83. The fourth-order valence-corrected chi connectivity index (χ4v) is 2.40. The summed E-state index contributed by atoms with van der Waals surface area (Å²) in [4.78, 5) is 28.3. The maximum atomic E-state index is 12.3. The van der Waals surface area contributed by atoms with E-state index in [0.29, 0.717) is 24.1 Å². The summed E-state index contributed by atoms with van der Waals surface area (Å²) in [6.45, 7) is 7.23. The number of aromatic nitrogens is 2. The minimum absolute atomic E-state index is 0.161. The van der Waals surface area contributed by atoms with Crippen molar-refractivity contribution in [1.82, 2.24) is 14.9 Å². The molecule has 0 aliphatic rings. The molecule has 0 unspecified atom stereocenters. The van der Waals surface area contributed by atoms with Crippen molar-refractivity contribution in [3.05, 3.63) is 20.8 Å². The Labute approximate surface area is 141 Å². The number of H-pyrrole nitrogens is 1. The number of hydrogen-bond acceptors (Lipinski definition) is 4. The summed E-state index contributed by atoms with van der Waals surface area (Å²) in [6, 6.07) is 0. The highest BCUT2D eigenvalue weighted by Crippen LogP contribution is 2.18. The topological polar surface area (TPSA) is 96.2 Å². The van der Waals surface area contributed by atoms with Crippen LogP contribution < -0.4 is 27.2 Å². The first-order chi connectivity index (χ1) is 10.8. The summed E-state index contributed by atoms with van der Waals surface area (Å²) in [5.41, 5.74) is 5.38. The van der Waals surface area contributed by atoms with E-state index in [1.807, 2.05) is 6.92 Å². The van der Waals surface area contributed by atoms with Crippen LogP contribution >= 0.6 is 12.2 Å². The molecule has 1 aromatic heterocycles. The number of unbranched alkanes of at least 4 members (excludes halogenated alkanes) is 1. The zero-order valence-corrected chi connectivity index (χ0v) is 15.1. The molecule has 1 heterocycles. The second-order valence-electron chi connectivity index (χ2n) is 5.89. The Morgan fingerprint density at radius 3 is 2.61 bits per heavy atom. The van der Waals surface area contributed by atoms with Crippen LogP contribution in [-0.4, -0.2) is 28.3 Å². The van der Waals surface area contributed by atoms with Crippen LogP contribution in [0.4, 0.5) is 11.5 Å². The average molecular weight is 341 g/mol. The van der Waals surface area contributed by atoms with E-state index in [9.17, 15) is 9.59 Å². The van der Waals surface area contributed by atoms with Gasteiger partial charge >= 0.3 is 5.69 Å². The SMILES string of the molecule is CCCCn1c(N)c(N(CCC(C)C)C(=S)NC)c(=O)[nH]c1=O. The summed E-state index contributed by atoms with van der Waals surface area (Å²) in [6.07, 6.45) is 2.57. The Morgan fingerprint density at radius 1 is 1.43 bits per heavy atom. The van der Waals surface area contributed by atoms with Crippen molar-refractivity contribution in [2.24, 2.45) is 5.92 Å². The lowest BCUT2D eigenvalue weighted by atomic mass is 10.1. The van der Waals surface area contributed by atoms with Gasteiger partial charge in [0.05, 0.1) is 0 Å². The van der Waals surface area contributed by atoms with Gasteiger partial charge in [-0.25, -0.2) is 4.79 Å². The van der Waals surface area contributed by atoms with Crippen LogP contribution in [0.3, 0.4) is 0 Å². The van der Waals surface area contributed by atoms with Crippen molar-refractivity contribution >= 4 is 28.8 Å². The molecule has 0 atom stereocenters. The van der Waals surface area contributed by atoms with Gasteiger partial charge in [0.15, 0.2) is 10.8 Å². The largest absolute Gasteiger partial charge is 0.383 e. The van der Waals surface area contributed by atoms with Gasteiger partial charge in [-0.3, -0.25) is 14.3 Å². The molecule has 7 nitrogen and oxygen atoms in total. The predicted octanol–water partition coefficient (Wildman–Crippen LogP) is 1.28. The number of nitrogens with zero attached hydrogens (tertiary/aromatic N) is 2. The minimum Gasteiger partial charge on any atom is -0.383 e. The second kappa shape index (κ2) is 8.71. The molecule has 0 spiro atoms. The number of nitrogen functional groups attached to an aromatic ring is 1. The molecule has 130 valence electrons. The Morgan fingerprint density at radius 2 is 2.09 bits per heavy atom. The molecule has 0 saturated heterocycles. The van der Waals surface area contributed by atoms with E-state index in [4.69, 9.17) is 18.0 Å². The van der Waals surface area contributed by atoms with Crippen LogP contribution in [0, 0.1) is 5.92 Å². The van der Waals surface area contributed by atoms with E-state index in [1.165, 1.54) is 4.57 Å². The monoisotopic (exact) mass is 341 g/mol. The molecular formula is C15H27N5O2S. The van der Waals surface area contributed by atoms with Gasteiger partial charge in [-0.05, 0) is 31.0 Å². The van der Waals surface area contributed by atoms with Crippen LogP contribution in [0.15, 0.2) is 9.59 Å². The summed E-state index contributed by atoms with van der Waals surface area (Å²) >= 11 is 5.31. The van der Waals surface area contributed by atoms with Crippen LogP contribution in [0.5, 0.6) is 0 Å². The lowest BCUT2D eigenvalue weighted by molar-refractivity contribution is 0.586. The van der Waals surface area contributed by atoms with E-state index in [-0.39, 0.29) is 11.5 Å². The van der Waals surface area contributed by atoms with Crippen molar-refractivity contribution in [1.29, 1.82) is 0 Å². The van der Waals surface area contributed by atoms with Crippen molar-refractivity contribution in [3.63, 3.8) is 0 Å². The molecule has 0 fully saturated rings. The van der Waals surface area contributed by atoms with E-state index in [2.05, 4.69) is 24.1 Å². The number of nitrogens with two attached hydrogens (primary N) is 1. The summed E-state index contributed by atoms with van der Waals surface area (Å²) in [7, 11) is 1.70. The third-order valence-corrected chi connectivity index (χ3v) is 4.03. The summed E-state index contributed by atoms with van der Waals surface area (Å²) in [5.74, 6) is 0.608. The molecular weight excluding hydrogens is 314 g/mol. The maximum Gasteiger partial charge on any atom is 0.330 e. The van der Waals surface area contributed by atoms with E-state index >= 15 is 0 Å². The van der Waals surface area contributed by atoms with Gasteiger partial charge in [0.25, 0.3) is 5.56 Å². The molecule has 0 radical (unpaired) electrons. The predicted molar refractivity (Wildman–Crippen MR) is 99.1 cm³/mol. The third-order valence-electron chi connectivity index (χ3n) is 3.61. The highest BCUT2D eigenvalue weighted by Gasteiger charge is 2.21. The van der Waals surface area contributed by atoms with Gasteiger partial charge in [0.1, 0.15) is 5.82 Å². The van der Waals surface area contributed by atoms with Crippen LogP contribution in [0.25, 0.3) is 0 Å². The highest BCUT2D eigenvalue weighted by molar-refractivity contribution is 7.80. The third kappa shape index (κ3) is 4.82. The maximum absolute atomic E-state index is 12.3. The molecule has 1 rings (SSSR count). The van der Waals surface area contributed by atoms with Gasteiger partial charge in [0, 0.05) is 20.1 Å². The molecule has 4 N–H and O–H groups in total. The highest BCUT2D eigenvalue weighted by atomic mass is 32.1. The number of anilines is 2. The van der Waals surface area contributed by atoms with Crippen molar-refractivity contribution in [2.45, 2.75) is 46.6 Å². The molecule has 0 aliphatic heterocycles. The van der Waals surface area contributed by atoms with Gasteiger partial charge in [-0.1, -0.05) is 27.2 Å². The summed E-state index contributed by atoms with van der Waals surface area (Å²) < 4.78 is 1.40. The first-order valence-electron chi connectivity index (χ1n) is 7.95. The van der Waals surface area contributed by atoms with E-state index in [1.54, 1.807) is 11.9 Å². The number of nitrogens with one attached hydrogen (secondary N) is 2. The van der Waals surface area contributed by atoms with Gasteiger partial charge in [-0.2, -0.15) is 0 Å². The zero-order chi connectivity index (χ0) is 17.6. The zero-order valence-electron chi connectivity index (χ0n) is 14.3. The smallest absolute Gasteiger partial charge is 0.330 e. The standard InChI is InChI=1S/C15H27N5O2S/c1-5-6-8-20-12(16)11(13(21)18-14(20)22)19(15(23)17-4)9-7-10(2)3/h10H,5-9,16H2,1-4H3,(H,17,23)(H,18,21,22). The number of thiocarbonyl (C=S) groups is 1. The first kappa shape index (κ1) is 19.2. The van der Waals surface area contributed by atoms with E-state index < -0.39 is 11.2 Å². The van der Waals surface area contributed by atoms with Gasteiger partial charge < -0.3 is 16.0 Å². The van der Waals surface area contributed by atoms with E-state index in [0.717, 1.165) is 19.3 Å². The number of aromatic amines is 1. The lowest BCUT2D eigenvalue weighted by Gasteiger charge is -2.27. The molecule has 0 aliphatic carbocycles. The number of rotatable bonds is 7. The van der Waals surface area contributed by atoms with Gasteiger partial charge in [0.2, 0.25) is 0 Å².